The van der Waals surface area contributed by atoms with Crippen LogP contribution >= 0.6 is 0 Å². The lowest BCUT2D eigenvalue weighted by Crippen LogP contribution is -2.34. The molecule has 4 heteroatoms. The van der Waals surface area contributed by atoms with Crippen molar-refractivity contribution in [1.82, 2.24) is 4.90 Å². The molecule has 1 aliphatic heterocycles. The molecular weight excluding hydrogens is 338 g/mol. The van der Waals surface area contributed by atoms with Crippen LogP contribution in [0.15, 0.2) is 21.3 Å². The van der Waals surface area contributed by atoms with Crippen LogP contribution in [0.25, 0.3) is 11.0 Å². The zero-order valence-electron chi connectivity index (χ0n) is 16.6. The van der Waals surface area contributed by atoms with Crippen LogP contribution in [0.4, 0.5) is 0 Å². The van der Waals surface area contributed by atoms with E-state index in [-0.39, 0.29) is 11.4 Å². The van der Waals surface area contributed by atoms with E-state index in [2.05, 4.69) is 25.7 Å². The normalized spacial score (nSPS) is 29.4. The third-order valence-electron chi connectivity index (χ3n) is 7.10. The average molecular weight is 367 g/mol. The van der Waals surface area contributed by atoms with E-state index in [1.807, 2.05) is 6.07 Å². The van der Waals surface area contributed by atoms with E-state index < -0.39 is 0 Å². The van der Waals surface area contributed by atoms with Gasteiger partial charge in [0.15, 0.2) is 0 Å². The number of hydrogen-bond donors (Lipinski definition) is 1. The highest BCUT2D eigenvalue weighted by atomic mass is 16.4. The van der Waals surface area contributed by atoms with Crippen LogP contribution in [0.1, 0.15) is 63.1 Å². The molecule has 1 N–H and O–H groups in total. The van der Waals surface area contributed by atoms with E-state index in [9.17, 15) is 9.90 Å². The Labute approximate surface area is 160 Å². The Morgan fingerprint density at radius 1 is 1.19 bits per heavy atom. The van der Waals surface area contributed by atoms with Crippen LogP contribution in [0, 0.1) is 10.8 Å². The molecule has 2 fully saturated rings. The Kier molecular flexibility index (Phi) is 3.59. The molecule has 1 saturated heterocycles. The summed E-state index contributed by atoms with van der Waals surface area (Å²) in [6, 6.07) is 4.24. The molecule has 2 bridgehead atoms. The number of rotatable bonds is 2. The molecule has 5 rings (SSSR count). The summed E-state index contributed by atoms with van der Waals surface area (Å²) in [4.78, 5) is 15.0. The van der Waals surface area contributed by atoms with Crippen molar-refractivity contribution < 1.29 is 9.52 Å². The summed E-state index contributed by atoms with van der Waals surface area (Å²) < 4.78 is 5.76. The molecule has 1 saturated carbocycles. The first-order valence-corrected chi connectivity index (χ1v) is 10.3. The summed E-state index contributed by atoms with van der Waals surface area (Å²) in [6.45, 7) is 8.85. The van der Waals surface area contributed by atoms with Crippen molar-refractivity contribution in [2.75, 3.05) is 6.54 Å². The molecule has 4 nitrogen and oxygen atoms in total. The molecule has 0 spiro atoms. The monoisotopic (exact) mass is 367 g/mol. The highest BCUT2D eigenvalue weighted by molar-refractivity contribution is 5.86. The summed E-state index contributed by atoms with van der Waals surface area (Å²) >= 11 is 0. The van der Waals surface area contributed by atoms with Crippen molar-refractivity contribution in [3.8, 4) is 5.75 Å². The van der Waals surface area contributed by atoms with Gasteiger partial charge in [-0.1, -0.05) is 20.8 Å². The lowest BCUT2D eigenvalue weighted by molar-refractivity contribution is 0.126. The van der Waals surface area contributed by atoms with Crippen LogP contribution in [-0.4, -0.2) is 22.6 Å². The van der Waals surface area contributed by atoms with Gasteiger partial charge in [0, 0.05) is 30.1 Å². The predicted molar refractivity (Wildman–Crippen MR) is 106 cm³/mol. The Balaban J connectivity index is 1.57. The van der Waals surface area contributed by atoms with Crippen LogP contribution < -0.4 is 5.63 Å². The van der Waals surface area contributed by atoms with Gasteiger partial charge in [-0.3, -0.25) is 4.90 Å². The number of phenols is 1. The molecule has 2 aliphatic carbocycles. The van der Waals surface area contributed by atoms with Crippen molar-refractivity contribution in [2.45, 2.75) is 71.9 Å². The number of fused-ring (bicyclic) bond motifs is 5. The van der Waals surface area contributed by atoms with Gasteiger partial charge in [-0.2, -0.15) is 0 Å². The SMILES string of the molecule is CC1(C)CC2CC(C)(CN2Cc2c(O)ccc3c4c(c(=O)oc23)CCC4)C1. The topological polar surface area (TPSA) is 53.7 Å². The third-order valence-corrected chi connectivity index (χ3v) is 7.10. The highest BCUT2D eigenvalue weighted by Gasteiger charge is 2.49. The third kappa shape index (κ3) is 2.72. The van der Waals surface area contributed by atoms with Gasteiger partial charge in [0.25, 0.3) is 0 Å². The zero-order valence-corrected chi connectivity index (χ0v) is 16.6. The van der Waals surface area contributed by atoms with Crippen LogP contribution in [0.5, 0.6) is 5.75 Å². The maximum atomic E-state index is 12.5. The zero-order chi connectivity index (χ0) is 19.0. The molecule has 2 unspecified atom stereocenters. The fourth-order valence-corrected chi connectivity index (χ4v) is 6.51. The molecule has 2 heterocycles. The van der Waals surface area contributed by atoms with Crippen LogP contribution in [-0.2, 0) is 19.4 Å². The second kappa shape index (κ2) is 5.60. The lowest BCUT2D eigenvalue weighted by atomic mass is 9.65. The minimum absolute atomic E-state index is 0.213. The maximum absolute atomic E-state index is 12.5. The minimum Gasteiger partial charge on any atom is -0.507 e. The van der Waals surface area contributed by atoms with Crippen molar-refractivity contribution in [3.63, 3.8) is 0 Å². The first-order chi connectivity index (χ1) is 12.7. The second-order valence-electron chi connectivity index (χ2n) is 10.3. The molecule has 144 valence electrons. The number of aryl methyl sites for hydroxylation is 1. The van der Waals surface area contributed by atoms with Crippen molar-refractivity contribution in [2.24, 2.45) is 10.8 Å². The molecule has 2 aromatic rings. The summed E-state index contributed by atoms with van der Waals surface area (Å²) in [5.74, 6) is 0.245. The average Bonchev–Trinajstić information content (AvgIpc) is 3.13. The van der Waals surface area contributed by atoms with E-state index in [4.69, 9.17) is 4.42 Å². The number of aromatic hydroxyl groups is 1. The Morgan fingerprint density at radius 2 is 1.96 bits per heavy atom. The first-order valence-electron chi connectivity index (χ1n) is 10.3. The first kappa shape index (κ1) is 17.3. The largest absolute Gasteiger partial charge is 0.507 e. The standard InChI is InChI=1S/C23H29NO3/c1-22(2)9-14-10-23(3,12-22)13-24(14)11-18-19(25)8-7-16-15-5-4-6-17(15)21(26)27-20(16)18/h7-8,14,25H,4-6,9-13H2,1-3H3. The van der Waals surface area contributed by atoms with E-state index >= 15 is 0 Å². The summed E-state index contributed by atoms with van der Waals surface area (Å²) in [6.07, 6.45) is 6.41. The molecule has 3 aliphatic rings. The molecular formula is C23H29NO3. The number of likely N-dealkylation sites (tertiary alicyclic amines) is 1. The number of phenolic OH excluding ortho intramolecular Hbond substituents is 1. The predicted octanol–water partition coefficient (Wildman–Crippen LogP) is 4.39. The highest BCUT2D eigenvalue weighted by Crippen LogP contribution is 2.53. The van der Waals surface area contributed by atoms with Gasteiger partial charge < -0.3 is 9.52 Å². The van der Waals surface area contributed by atoms with E-state index in [0.717, 1.165) is 47.9 Å². The van der Waals surface area contributed by atoms with Crippen molar-refractivity contribution in [1.29, 1.82) is 0 Å². The summed E-state index contributed by atoms with van der Waals surface area (Å²) in [5, 5.41) is 11.6. The molecule has 1 aromatic carbocycles. The van der Waals surface area contributed by atoms with Gasteiger partial charge in [0.05, 0.1) is 5.56 Å². The summed E-state index contributed by atoms with van der Waals surface area (Å²) in [7, 11) is 0. The Hall–Kier alpha value is -1.81. The van der Waals surface area contributed by atoms with Gasteiger partial charge in [-0.25, -0.2) is 4.79 Å². The fourth-order valence-electron chi connectivity index (χ4n) is 6.51. The number of benzene rings is 1. The quantitative estimate of drug-likeness (QED) is 0.800. The molecule has 1 aromatic heterocycles. The fraction of sp³-hybridized carbons (Fsp3) is 0.609. The van der Waals surface area contributed by atoms with Gasteiger partial charge in [-0.15, -0.1) is 0 Å². The molecule has 0 radical (unpaired) electrons. The van der Waals surface area contributed by atoms with E-state index in [1.165, 1.54) is 19.3 Å². The Bertz CT molecular complexity index is 989. The minimum atomic E-state index is -0.213. The number of hydrogen-bond acceptors (Lipinski definition) is 4. The van der Waals surface area contributed by atoms with Crippen molar-refractivity contribution in [3.05, 3.63) is 39.2 Å². The molecule has 0 amide bonds. The summed E-state index contributed by atoms with van der Waals surface area (Å²) in [5.41, 5.74) is 3.85. The molecule has 27 heavy (non-hydrogen) atoms. The van der Waals surface area contributed by atoms with E-state index in [0.29, 0.717) is 29.0 Å². The van der Waals surface area contributed by atoms with Gasteiger partial charge >= 0.3 is 5.63 Å². The van der Waals surface area contributed by atoms with Gasteiger partial charge in [0.1, 0.15) is 11.3 Å². The van der Waals surface area contributed by atoms with E-state index in [1.54, 1.807) is 6.07 Å². The maximum Gasteiger partial charge on any atom is 0.339 e. The lowest BCUT2D eigenvalue weighted by Gasteiger charge is -2.40. The second-order valence-corrected chi connectivity index (χ2v) is 10.3. The van der Waals surface area contributed by atoms with Gasteiger partial charge in [-0.05, 0) is 67.1 Å². The smallest absolute Gasteiger partial charge is 0.339 e. The van der Waals surface area contributed by atoms with Crippen LogP contribution in [0.2, 0.25) is 0 Å². The number of nitrogens with zero attached hydrogens (tertiary/aromatic N) is 1. The van der Waals surface area contributed by atoms with Gasteiger partial charge in [0.2, 0.25) is 0 Å². The molecule has 2 atom stereocenters. The van der Waals surface area contributed by atoms with Crippen LogP contribution in [0.3, 0.4) is 0 Å². The van der Waals surface area contributed by atoms with Crippen molar-refractivity contribution >= 4 is 11.0 Å². The Morgan fingerprint density at radius 3 is 2.78 bits per heavy atom.